The van der Waals surface area contributed by atoms with Crippen LogP contribution in [0.1, 0.15) is 27.6 Å². The van der Waals surface area contributed by atoms with Crippen molar-refractivity contribution < 1.29 is 24.2 Å². The number of amides is 2. The lowest BCUT2D eigenvalue weighted by Crippen LogP contribution is -2.42. The minimum Gasteiger partial charge on any atom is -0.497 e. The molecule has 0 aromatic heterocycles. The first kappa shape index (κ1) is 12.1. The number of carboxylic acids is 1. The highest BCUT2D eigenvalue weighted by atomic mass is 16.5. The number of nitrogens with zero attached hydrogens (tertiary/aromatic N) is 1. The summed E-state index contributed by atoms with van der Waals surface area (Å²) in [7, 11) is 1.45. The lowest BCUT2D eigenvalue weighted by molar-refractivity contribution is -0.140. The average molecular weight is 249 g/mol. The molecule has 0 fully saturated rings. The second-order valence-electron chi connectivity index (χ2n) is 3.91. The zero-order valence-corrected chi connectivity index (χ0v) is 9.84. The van der Waals surface area contributed by atoms with Gasteiger partial charge in [-0.3, -0.25) is 14.5 Å². The maximum Gasteiger partial charge on any atom is 0.326 e. The number of carbonyl (C=O) groups excluding carboxylic acids is 2. The quantitative estimate of drug-likeness (QED) is 0.799. The Morgan fingerprint density at radius 1 is 1.28 bits per heavy atom. The molecule has 6 heteroatoms. The Balaban J connectivity index is 2.47. The minimum absolute atomic E-state index is 0.174. The predicted molar refractivity (Wildman–Crippen MR) is 60.6 cm³/mol. The van der Waals surface area contributed by atoms with Gasteiger partial charge in [-0.15, -0.1) is 0 Å². The Morgan fingerprint density at radius 2 is 1.89 bits per heavy atom. The van der Waals surface area contributed by atoms with Gasteiger partial charge in [0.1, 0.15) is 11.8 Å². The van der Waals surface area contributed by atoms with Gasteiger partial charge >= 0.3 is 5.97 Å². The molecule has 1 aromatic rings. The Hall–Kier alpha value is -2.37. The van der Waals surface area contributed by atoms with E-state index in [-0.39, 0.29) is 11.1 Å². The highest BCUT2D eigenvalue weighted by Gasteiger charge is 2.41. The molecule has 1 heterocycles. The smallest absolute Gasteiger partial charge is 0.326 e. The van der Waals surface area contributed by atoms with Gasteiger partial charge in [0.05, 0.1) is 18.2 Å². The van der Waals surface area contributed by atoms with Crippen LogP contribution in [-0.2, 0) is 4.79 Å². The molecule has 18 heavy (non-hydrogen) atoms. The Bertz CT molecular complexity index is 551. The summed E-state index contributed by atoms with van der Waals surface area (Å²) in [5.41, 5.74) is 0.376. The summed E-state index contributed by atoms with van der Waals surface area (Å²) in [6.45, 7) is 1.29. The topological polar surface area (TPSA) is 83.9 Å². The van der Waals surface area contributed by atoms with Crippen LogP contribution in [0.3, 0.4) is 0 Å². The highest BCUT2D eigenvalue weighted by Crippen LogP contribution is 2.28. The maximum absolute atomic E-state index is 12.0. The summed E-state index contributed by atoms with van der Waals surface area (Å²) in [5.74, 6) is -1.98. The van der Waals surface area contributed by atoms with Gasteiger partial charge in [-0.05, 0) is 25.1 Å². The first-order chi connectivity index (χ1) is 8.47. The molecule has 2 rings (SSSR count). The largest absolute Gasteiger partial charge is 0.497 e. The molecule has 1 aliphatic rings. The van der Waals surface area contributed by atoms with Gasteiger partial charge in [-0.25, -0.2) is 4.79 Å². The van der Waals surface area contributed by atoms with E-state index in [2.05, 4.69) is 0 Å². The summed E-state index contributed by atoms with van der Waals surface area (Å²) < 4.78 is 4.97. The number of imide groups is 1. The zero-order valence-electron chi connectivity index (χ0n) is 9.84. The van der Waals surface area contributed by atoms with Crippen molar-refractivity contribution in [3.05, 3.63) is 29.3 Å². The molecular formula is C12H11NO5. The second kappa shape index (κ2) is 4.14. The average Bonchev–Trinajstić information content (AvgIpc) is 2.60. The summed E-state index contributed by atoms with van der Waals surface area (Å²) in [5, 5.41) is 8.89. The number of carboxylic acid groups (broad SMARTS) is 1. The molecule has 1 aromatic carbocycles. The summed E-state index contributed by atoms with van der Waals surface area (Å²) >= 11 is 0. The third kappa shape index (κ3) is 1.62. The Labute approximate surface area is 103 Å². The van der Waals surface area contributed by atoms with Crippen LogP contribution in [0.15, 0.2) is 18.2 Å². The van der Waals surface area contributed by atoms with Crippen molar-refractivity contribution in [2.24, 2.45) is 0 Å². The second-order valence-corrected chi connectivity index (χ2v) is 3.91. The molecule has 0 spiro atoms. The molecule has 0 radical (unpaired) electrons. The number of benzene rings is 1. The van der Waals surface area contributed by atoms with Gasteiger partial charge in [0.15, 0.2) is 0 Å². The van der Waals surface area contributed by atoms with Crippen molar-refractivity contribution in [3.8, 4) is 5.75 Å². The molecule has 94 valence electrons. The van der Waals surface area contributed by atoms with E-state index in [0.29, 0.717) is 5.75 Å². The van der Waals surface area contributed by atoms with Crippen LogP contribution in [0, 0.1) is 0 Å². The monoisotopic (exact) mass is 249 g/mol. The molecule has 2 amide bonds. The normalized spacial score (nSPS) is 15.6. The van der Waals surface area contributed by atoms with Crippen molar-refractivity contribution in [3.63, 3.8) is 0 Å². The van der Waals surface area contributed by atoms with Crippen molar-refractivity contribution in [1.82, 2.24) is 4.90 Å². The van der Waals surface area contributed by atoms with E-state index in [1.54, 1.807) is 6.07 Å². The van der Waals surface area contributed by atoms with Crippen LogP contribution < -0.4 is 4.74 Å². The Kier molecular flexibility index (Phi) is 2.78. The number of aliphatic carboxylic acids is 1. The van der Waals surface area contributed by atoms with Crippen LogP contribution in [0.4, 0.5) is 0 Å². The van der Waals surface area contributed by atoms with Gasteiger partial charge < -0.3 is 9.84 Å². The van der Waals surface area contributed by atoms with E-state index in [4.69, 9.17) is 9.84 Å². The third-order valence-corrected chi connectivity index (χ3v) is 2.87. The fourth-order valence-electron chi connectivity index (χ4n) is 1.83. The maximum atomic E-state index is 12.0. The van der Waals surface area contributed by atoms with Crippen LogP contribution in [-0.4, -0.2) is 40.9 Å². The van der Waals surface area contributed by atoms with E-state index in [1.807, 2.05) is 0 Å². The molecule has 1 N–H and O–H groups in total. The van der Waals surface area contributed by atoms with Gasteiger partial charge in [0.2, 0.25) is 0 Å². The van der Waals surface area contributed by atoms with E-state index < -0.39 is 23.8 Å². The van der Waals surface area contributed by atoms with E-state index in [9.17, 15) is 14.4 Å². The summed E-state index contributed by atoms with van der Waals surface area (Å²) in [6.07, 6.45) is 0. The van der Waals surface area contributed by atoms with Gasteiger partial charge in [-0.2, -0.15) is 0 Å². The van der Waals surface area contributed by atoms with E-state index in [1.165, 1.54) is 26.2 Å². The number of methoxy groups -OCH3 is 1. The molecule has 6 nitrogen and oxygen atoms in total. The van der Waals surface area contributed by atoms with E-state index in [0.717, 1.165) is 4.90 Å². The first-order valence-electron chi connectivity index (χ1n) is 5.26. The van der Waals surface area contributed by atoms with Gasteiger partial charge in [-0.1, -0.05) is 0 Å². The number of carbonyl (C=O) groups is 3. The van der Waals surface area contributed by atoms with Crippen LogP contribution in [0.2, 0.25) is 0 Å². The predicted octanol–water partition coefficient (Wildman–Crippen LogP) is 0.764. The molecule has 0 saturated carbocycles. The number of hydrogen-bond acceptors (Lipinski definition) is 4. The summed E-state index contributed by atoms with van der Waals surface area (Å²) in [6, 6.07) is 3.26. The highest BCUT2D eigenvalue weighted by molar-refractivity contribution is 6.22. The lowest BCUT2D eigenvalue weighted by atomic mass is 10.1. The standard InChI is InChI=1S/C12H11NO5/c1-6(12(16)17)13-10(14)8-4-3-7(18-2)5-9(8)11(13)15/h3-6H,1-2H3,(H,16,17). The minimum atomic E-state index is -1.23. The third-order valence-electron chi connectivity index (χ3n) is 2.87. The molecule has 0 bridgehead atoms. The van der Waals surface area contributed by atoms with Crippen molar-refractivity contribution >= 4 is 17.8 Å². The first-order valence-corrected chi connectivity index (χ1v) is 5.26. The molecule has 1 unspecified atom stereocenters. The number of hydrogen-bond donors (Lipinski definition) is 1. The van der Waals surface area contributed by atoms with Crippen molar-refractivity contribution in [2.75, 3.05) is 7.11 Å². The van der Waals surface area contributed by atoms with Crippen LogP contribution in [0.5, 0.6) is 5.75 Å². The van der Waals surface area contributed by atoms with Gasteiger partial charge in [0, 0.05) is 0 Å². The van der Waals surface area contributed by atoms with Crippen LogP contribution in [0.25, 0.3) is 0 Å². The fourth-order valence-corrected chi connectivity index (χ4v) is 1.83. The zero-order chi connectivity index (χ0) is 13.4. The summed E-state index contributed by atoms with van der Waals surface area (Å²) in [4.78, 5) is 35.6. The number of fused-ring (bicyclic) bond motifs is 1. The number of rotatable bonds is 3. The van der Waals surface area contributed by atoms with Gasteiger partial charge in [0.25, 0.3) is 11.8 Å². The molecule has 0 aliphatic carbocycles. The van der Waals surface area contributed by atoms with Crippen LogP contribution >= 0.6 is 0 Å². The van der Waals surface area contributed by atoms with Crippen molar-refractivity contribution in [2.45, 2.75) is 13.0 Å². The molecular weight excluding hydrogens is 238 g/mol. The lowest BCUT2D eigenvalue weighted by Gasteiger charge is -2.17. The molecule has 1 aliphatic heterocycles. The van der Waals surface area contributed by atoms with E-state index >= 15 is 0 Å². The molecule has 1 atom stereocenters. The van der Waals surface area contributed by atoms with Crippen molar-refractivity contribution in [1.29, 1.82) is 0 Å². The SMILES string of the molecule is COc1ccc2c(c1)C(=O)N(C(C)C(=O)O)C2=O. The number of ether oxygens (including phenoxy) is 1. The molecule has 0 saturated heterocycles. The Morgan fingerprint density at radius 3 is 2.44 bits per heavy atom. The fraction of sp³-hybridized carbons (Fsp3) is 0.250.